The van der Waals surface area contributed by atoms with E-state index in [4.69, 9.17) is 15.2 Å². The van der Waals surface area contributed by atoms with Gasteiger partial charge >= 0.3 is 0 Å². The quantitative estimate of drug-likeness (QED) is 0.618. The average Bonchev–Trinajstić information content (AvgIpc) is 2.23. The topological polar surface area (TPSA) is 64.8 Å². The van der Waals surface area contributed by atoms with Crippen molar-refractivity contribution in [3.63, 3.8) is 0 Å². The molecule has 0 saturated carbocycles. The molecular weight excluding hydrogens is 208 g/mol. The zero-order chi connectivity index (χ0) is 12.6. The molecule has 5 nitrogen and oxygen atoms in total. The van der Waals surface area contributed by atoms with Crippen molar-refractivity contribution in [2.45, 2.75) is 32.4 Å². The molecule has 96 valence electrons. The number of amides is 1. The third-order valence-corrected chi connectivity index (χ3v) is 2.64. The minimum atomic E-state index is -0.290. The third-order valence-electron chi connectivity index (χ3n) is 2.64. The van der Waals surface area contributed by atoms with Crippen LogP contribution >= 0.6 is 0 Å². The van der Waals surface area contributed by atoms with E-state index in [2.05, 4.69) is 0 Å². The Morgan fingerprint density at radius 3 is 2.38 bits per heavy atom. The Morgan fingerprint density at radius 1 is 1.38 bits per heavy atom. The van der Waals surface area contributed by atoms with Crippen molar-refractivity contribution in [3.05, 3.63) is 0 Å². The van der Waals surface area contributed by atoms with Crippen LogP contribution in [0.1, 0.15) is 20.3 Å². The summed E-state index contributed by atoms with van der Waals surface area (Å²) in [7, 11) is 3.29. The Labute approximate surface area is 97.9 Å². The summed E-state index contributed by atoms with van der Waals surface area (Å²) in [4.78, 5) is 13.4. The highest BCUT2D eigenvalue weighted by molar-refractivity contribution is 5.79. The first-order valence-corrected chi connectivity index (χ1v) is 5.61. The molecule has 2 atom stereocenters. The summed E-state index contributed by atoms with van der Waals surface area (Å²) < 4.78 is 10.1. The van der Waals surface area contributed by atoms with Crippen LogP contribution in [0.5, 0.6) is 0 Å². The number of carbonyl (C=O) groups is 1. The summed E-state index contributed by atoms with van der Waals surface area (Å²) in [5.74, 6) is -0.290. The van der Waals surface area contributed by atoms with Gasteiger partial charge in [-0.1, -0.05) is 6.92 Å². The van der Waals surface area contributed by atoms with E-state index < -0.39 is 0 Å². The second-order valence-corrected chi connectivity index (χ2v) is 3.86. The Hall–Kier alpha value is -0.650. The second kappa shape index (κ2) is 8.50. The summed E-state index contributed by atoms with van der Waals surface area (Å²) in [5, 5.41) is 0. The highest BCUT2D eigenvalue weighted by atomic mass is 16.5. The maximum absolute atomic E-state index is 11.3. The molecule has 0 aliphatic rings. The zero-order valence-electron chi connectivity index (χ0n) is 10.7. The summed E-state index contributed by atoms with van der Waals surface area (Å²) in [6, 6.07) is -0.0992. The van der Waals surface area contributed by atoms with Gasteiger partial charge in [-0.05, 0) is 13.3 Å². The van der Waals surface area contributed by atoms with E-state index >= 15 is 0 Å². The SMILES string of the molecule is CCC(C(N)=O)N(CCOC)C(C)COC. The summed E-state index contributed by atoms with van der Waals surface area (Å²) in [6.07, 6.45) is 0.701. The number of nitrogens with two attached hydrogens (primary N) is 1. The van der Waals surface area contributed by atoms with Crippen LogP contribution < -0.4 is 5.73 Å². The predicted molar refractivity (Wildman–Crippen MR) is 63.2 cm³/mol. The van der Waals surface area contributed by atoms with Gasteiger partial charge in [-0.3, -0.25) is 9.69 Å². The van der Waals surface area contributed by atoms with Gasteiger partial charge in [-0.15, -0.1) is 0 Å². The summed E-state index contributed by atoms with van der Waals surface area (Å²) in [6.45, 7) is 5.81. The largest absolute Gasteiger partial charge is 0.383 e. The fourth-order valence-electron chi connectivity index (χ4n) is 1.82. The average molecular weight is 232 g/mol. The fraction of sp³-hybridized carbons (Fsp3) is 0.909. The van der Waals surface area contributed by atoms with E-state index in [0.717, 1.165) is 0 Å². The van der Waals surface area contributed by atoms with E-state index in [0.29, 0.717) is 26.2 Å². The first-order chi connectivity index (χ1) is 7.58. The molecule has 0 spiro atoms. The number of primary amides is 1. The highest BCUT2D eigenvalue weighted by Gasteiger charge is 2.25. The molecule has 0 bridgehead atoms. The van der Waals surface area contributed by atoms with Gasteiger partial charge in [0.25, 0.3) is 0 Å². The normalized spacial score (nSPS) is 15.1. The smallest absolute Gasteiger partial charge is 0.234 e. The number of carbonyl (C=O) groups excluding carboxylic acids is 1. The monoisotopic (exact) mass is 232 g/mol. The van der Waals surface area contributed by atoms with Gasteiger partial charge in [0, 0.05) is 26.8 Å². The second-order valence-electron chi connectivity index (χ2n) is 3.86. The van der Waals surface area contributed by atoms with Crippen LogP contribution in [0.15, 0.2) is 0 Å². The van der Waals surface area contributed by atoms with Gasteiger partial charge in [-0.2, -0.15) is 0 Å². The lowest BCUT2D eigenvalue weighted by Gasteiger charge is -2.33. The van der Waals surface area contributed by atoms with E-state index in [1.54, 1.807) is 14.2 Å². The van der Waals surface area contributed by atoms with Crippen LogP contribution in [0.2, 0.25) is 0 Å². The summed E-state index contributed by atoms with van der Waals surface area (Å²) >= 11 is 0. The van der Waals surface area contributed by atoms with Crippen molar-refractivity contribution >= 4 is 5.91 Å². The van der Waals surface area contributed by atoms with Gasteiger partial charge < -0.3 is 15.2 Å². The maximum Gasteiger partial charge on any atom is 0.234 e. The molecule has 0 aromatic rings. The van der Waals surface area contributed by atoms with Crippen LogP contribution in [-0.2, 0) is 14.3 Å². The first-order valence-electron chi connectivity index (χ1n) is 5.61. The number of ether oxygens (including phenoxy) is 2. The van der Waals surface area contributed by atoms with Gasteiger partial charge in [0.05, 0.1) is 19.3 Å². The van der Waals surface area contributed by atoms with Crippen molar-refractivity contribution in [2.75, 3.05) is 34.0 Å². The number of rotatable bonds is 9. The lowest BCUT2D eigenvalue weighted by Crippen LogP contribution is -2.51. The summed E-state index contributed by atoms with van der Waals surface area (Å²) in [5.41, 5.74) is 5.39. The number of nitrogens with zero attached hydrogens (tertiary/aromatic N) is 1. The van der Waals surface area contributed by atoms with Crippen LogP contribution in [0, 0.1) is 0 Å². The highest BCUT2D eigenvalue weighted by Crippen LogP contribution is 2.09. The van der Waals surface area contributed by atoms with Crippen molar-refractivity contribution in [2.24, 2.45) is 5.73 Å². The van der Waals surface area contributed by atoms with Gasteiger partial charge in [0.2, 0.25) is 5.91 Å². The van der Waals surface area contributed by atoms with Crippen LogP contribution in [-0.4, -0.2) is 56.9 Å². The number of methoxy groups -OCH3 is 2. The Bertz CT molecular complexity index is 200. The van der Waals surface area contributed by atoms with Crippen molar-refractivity contribution in [1.82, 2.24) is 4.90 Å². The van der Waals surface area contributed by atoms with Gasteiger partial charge in [0.1, 0.15) is 0 Å². The molecule has 0 fully saturated rings. The molecule has 1 amide bonds. The molecule has 16 heavy (non-hydrogen) atoms. The minimum absolute atomic E-state index is 0.151. The van der Waals surface area contributed by atoms with Crippen LogP contribution in [0.3, 0.4) is 0 Å². The molecule has 0 radical (unpaired) electrons. The molecule has 0 aliphatic carbocycles. The van der Waals surface area contributed by atoms with Crippen molar-refractivity contribution in [1.29, 1.82) is 0 Å². The van der Waals surface area contributed by atoms with E-state index in [9.17, 15) is 4.79 Å². The standard InChI is InChI=1S/C11H24N2O3/c1-5-10(11(12)14)13(6-7-15-3)9(2)8-16-4/h9-10H,5-8H2,1-4H3,(H2,12,14). The molecule has 5 heteroatoms. The predicted octanol–water partition coefficient (Wildman–Crippen LogP) is 0.234. The third kappa shape index (κ3) is 4.92. The Kier molecular flexibility index (Phi) is 8.15. The molecule has 0 saturated heterocycles. The molecule has 2 unspecified atom stereocenters. The molecule has 0 heterocycles. The van der Waals surface area contributed by atoms with Crippen molar-refractivity contribution in [3.8, 4) is 0 Å². The van der Waals surface area contributed by atoms with E-state index in [1.165, 1.54) is 0 Å². The molecule has 0 aromatic carbocycles. The molecule has 2 N–H and O–H groups in total. The van der Waals surface area contributed by atoms with Gasteiger partial charge in [0.15, 0.2) is 0 Å². The van der Waals surface area contributed by atoms with Crippen LogP contribution in [0.25, 0.3) is 0 Å². The molecular formula is C11H24N2O3. The lowest BCUT2D eigenvalue weighted by atomic mass is 10.1. The van der Waals surface area contributed by atoms with Crippen LogP contribution in [0.4, 0.5) is 0 Å². The number of hydrogen-bond donors (Lipinski definition) is 1. The maximum atomic E-state index is 11.3. The molecule has 0 rings (SSSR count). The first kappa shape index (κ1) is 15.3. The molecule has 0 aromatic heterocycles. The van der Waals surface area contributed by atoms with Crippen molar-refractivity contribution < 1.29 is 14.3 Å². The minimum Gasteiger partial charge on any atom is -0.383 e. The Balaban J connectivity index is 4.54. The zero-order valence-corrected chi connectivity index (χ0v) is 10.7. The van der Waals surface area contributed by atoms with E-state index in [-0.39, 0.29) is 18.0 Å². The van der Waals surface area contributed by atoms with E-state index in [1.807, 2.05) is 18.7 Å². The fourth-order valence-corrected chi connectivity index (χ4v) is 1.82. The lowest BCUT2D eigenvalue weighted by molar-refractivity contribution is -0.125. The van der Waals surface area contributed by atoms with Gasteiger partial charge in [-0.25, -0.2) is 0 Å². The Morgan fingerprint density at radius 2 is 2.00 bits per heavy atom. The number of hydrogen-bond acceptors (Lipinski definition) is 4. The molecule has 0 aliphatic heterocycles.